The highest BCUT2D eigenvalue weighted by atomic mass is 16.7. The maximum absolute atomic E-state index is 11.3. The van der Waals surface area contributed by atoms with Crippen LogP contribution in [-0.2, 0) is 0 Å². The van der Waals surface area contributed by atoms with Crippen LogP contribution in [0, 0.1) is 17.0 Å². The molecule has 0 fully saturated rings. The zero-order chi connectivity index (χ0) is 20.0. The van der Waals surface area contributed by atoms with Crippen LogP contribution in [0.15, 0.2) is 35.4 Å². The van der Waals surface area contributed by atoms with E-state index in [0.29, 0.717) is 22.7 Å². The second-order valence-corrected chi connectivity index (χ2v) is 6.40. The van der Waals surface area contributed by atoms with Crippen LogP contribution in [0.2, 0.25) is 0 Å². The average Bonchev–Trinajstić information content (AvgIpc) is 3.30. The molecule has 0 saturated carbocycles. The maximum Gasteiger partial charge on any atom is 0.282 e. The third kappa shape index (κ3) is 2.94. The van der Waals surface area contributed by atoms with Gasteiger partial charge in [0.2, 0.25) is 6.79 Å². The Morgan fingerprint density at radius 1 is 1.24 bits per heavy atom. The Labute approximate surface area is 162 Å². The first kappa shape index (κ1) is 16.9. The number of aromatic amines is 1. The molecule has 29 heavy (non-hydrogen) atoms. The van der Waals surface area contributed by atoms with Gasteiger partial charge in [0.25, 0.3) is 11.6 Å². The van der Waals surface area contributed by atoms with Gasteiger partial charge in [-0.1, -0.05) is 11.6 Å². The Hall–Kier alpha value is -4.28. The normalized spacial score (nSPS) is 12.9. The fourth-order valence-electron chi connectivity index (χ4n) is 3.10. The lowest BCUT2D eigenvalue weighted by Gasteiger charge is -2.01. The number of hydrogen-bond donors (Lipinski definition) is 2. The van der Waals surface area contributed by atoms with Crippen LogP contribution in [0.4, 0.5) is 11.6 Å². The Morgan fingerprint density at radius 3 is 2.90 bits per heavy atom. The zero-order valence-corrected chi connectivity index (χ0v) is 15.0. The van der Waals surface area contributed by atoms with Crippen LogP contribution in [0.1, 0.15) is 11.1 Å². The Bertz CT molecular complexity index is 1310. The highest BCUT2D eigenvalue weighted by Crippen LogP contribution is 2.37. The van der Waals surface area contributed by atoms with Gasteiger partial charge in [0.1, 0.15) is 5.52 Å². The molecule has 0 radical (unpaired) electrons. The van der Waals surface area contributed by atoms with Crippen molar-refractivity contribution < 1.29 is 14.4 Å². The lowest BCUT2D eigenvalue weighted by atomic mass is 10.1. The summed E-state index contributed by atoms with van der Waals surface area (Å²) in [6.07, 6.45) is 1.29. The quantitative estimate of drug-likeness (QED) is 0.307. The fourth-order valence-corrected chi connectivity index (χ4v) is 3.10. The molecule has 0 atom stereocenters. The van der Waals surface area contributed by atoms with E-state index in [9.17, 15) is 10.1 Å². The summed E-state index contributed by atoms with van der Waals surface area (Å²) in [5.41, 5.74) is 5.98. The maximum atomic E-state index is 11.3. The number of benzene rings is 2. The summed E-state index contributed by atoms with van der Waals surface area (Å²) in [7, 11) is 0. The minimum Gasteiger partial charge on any atom is -0.454 e. The van der Waals surface area contributed by atoms with Gasteiger partial charge < -0.3 is 14.5 Å². The predicted octanol–water partition coefficient (Wildman–Crippen LogP) is 2.90. The molecule has 1 aliphatic heterocycles. The van der Waals surface area contributed by atoms with E-state index in [-0.39, 0.29) is 24.0 Å². The minimum absolute atomic E-state index is 0.0227. The SMILES string of the molecule is Cc1ccc2[nH]c3nc(N/N=C\c4cc5c(cc4[N+](=O)[O-])OCO5)nnc3c2c1. The number of nitrogens with one attached hydrogen (secondary N) is 2. The molecule has 2 aromatic heterocycles. The number of fused-ring (bicyclic) bond motifs is 4. The van der Waals surface area contributed by atoms with Crippen molar-refractivity contribution in [3.05, 3.63) is 51.6 Å². The molecular weight excluding hydrogens is 378 g/mol. The van der Waals surface area contributed by atoms with E-state index in [0.717, 1.165) is 16.5 Å². The number of anilines is 1. The van der Waals surface area contributed by atoms with Crippen molar-refractivity contribution in [2.75, 3.05) is 12.2 Å². The molecule has 1 aliphatic rings. The molecule has 11 heteroatoms. The van der Waals surface area contributed by atoms with Gasteiger partial charge >= 0.3 is 0 Å². The summed E-state index contributed by atoms with van der Waals surface area (Å²) < 4.78 is 10.4. The largest absolute Gasteiger partial charge is 0.454 e. The number of H-pyrrole nitrogens is 1. The van der Waals surface area contributed by atoms with Crippen LogP contribution < -0.4 is 14.9 Å². The number of aryl methyl sites for hydroxylation is 1. The molecule has 0 bridgehead atoms. The van der Waals surface area contributed by atoms with Crippen LogP contribution >= 0.6 is 0 Å². The Morgan fingerprint density at radius 2 is 2.07 bits per heavy atom. The number of ether oxygens (including phenoxy) is 2. The lowest BCUT2D eigenvalue weighted by Crippen LogP contribution is -2.00. The smallest absolute Gasteiger partial charge is 0.282 e. The van der Waals surface area contributed by atoms with Crippen molar-refractivity contribution in [3.8, 4) is 11.5 Å². The van der Waals surface area contributed by atoms with E-state index >= 15 is 0 Å². The Balaban J connectivity index is 1.44. The Kier molecular flexibility index (Phi) is 3.72. The van der Waals surface area contributed by atoms with Gasteiger partial charge in [0.05, 0.1) is 22.8 Å². The molecule has 2 aromatic carbocycles. The van der Waals surface area contributed by atoms with Gasteiger partial charge in [0, 0.05) is 10.9 Å². The summed E-state index contributed by atoms with van der Waals surface area (Å²) in [5.74, 6) is 0.902. The molecule has 0 amide bonds. The van der Waals surface area contributed by atoms with Crippen LogP contribution in [0.5, 0.6) is 11.5 Å². The van der Waals surface area contributed by atoms with E-state index in [1.54, 1.807) is 0 Å². The van der Waals surface area contributed by atoms with E-state index < -0.39 is 4.92 Å². The molecule has 0 saturated heterocycles. The van der Waals surface area contributed by atoms with Crippen molar-refractivity contribution in [3.63, 3.8) is 0 Å². The lowest BCUT2D eigenvalue weighted by molar-refractivity contribution is -0.385. The first-order chi connectivity index (χ1) is 14.1. The van der Waals surface area contributed by atoms with Crippen LogP contribution in [0.3, 0.4) is 0 Å². The van der Waals surface area contributed by atoms with Gasteiger partial charge in [-0.25, -0.2) is 5.43 Å². The van der Waals surface area contributed by atoms with E-state index in [1.807, 2.05) is 25.1 Å². The summed E-state index contributed by atoms with van der Waals surface area (Å²) in [6.45, 7) is 2.02. The summed E-state index contributed by atoms with van der Waals surface area (Å²) >= 11 is 0. The molecule has 5 rings (SSSR count). The van der Waals surface area contributed by atoms with Crippen molar-refractivity contribution in [2.24, 2.45) is 5.10 Å². The summed E-state index contributed by atoms with van der Waals surface area (Å²) in [5, 5.41) is 24.5. The van der Waals surface area contributed by atoms with Crippen molar-refractivity contribution >= 4 is 39.9 Å². The van der Waals surface area contributed by atoms with Gasteiger partial charge in [-0.3, -0.25) is 10.1 Å². The van der Waals surface area contributed by atoms with Gasteiger partial charge in [-0.2, -0.15) is 10.1 Å². The second kappa shape index (κ2) is 6.41. The van der Waals surface area contributed by atoms with Gasteiger partial charge in [-0.15, -0.1) is 10.2 Å². The number of rotatable bonds is 4. The molecule has 0 unspecified atom stereocenters. The van der Waals surface area contributed by atoms with Crippen LogP contribution in [-0.4, -0.2) is 38.1 Å². The minimum atomic E-state index is -0.514. The molecule has 11 nitrogen and oxygen atoms in total. The highest BCUT2D eigenvalue weighted by Gasteiger charge is 2.22. The fraction of sp³-hybridized carbons (Fsp3) is 0.111. The number of hydrogen-bond acceptors (Lipinski definition) is 9. The highest BCUT2D eigenvalue weighted by molar-refractivity contribution is 6.03. The zero-order valence-electron chi connectivity index (χ0n) is 15.0. The third-order valence-corrected chi connectivity index (χ3v) is 4.46. The number of hydrazone groups is 1. The molecule has 2 N–H and O–H groups in total. The summed E-state index contributed by atoms with van der Waals surface area (Å²) in [6, 6.07) is 8.76. The first-order valence-corrected chi connectivity index (χ1v) is 8.58. The van der Waals surface area contributed by atoms with Crippen molar-refractivity contribution in [2.45, 2.75) is 6.92 Å². The molecule has 3 heterocycles. The monoisotopic (exact) mass is 391 g/mol. The standard InChI is InChI=1S/C18H13N7O4/c1-9-2-3-12-11(4-9)16-17(20-12)21-18(24-22-16)23-19-7-10-5-14-15(29-8-28-14)6-13(10)25(26)27/h2-7H,8H2,1H3,(H2,20,21,23,24)/b19-7-. The topological polar surface area (TPSA) is 140 Å². The molecule has 0 aliphatic carbocycles. The molecule has 0 spiro atoms. The summed E-state index contributed by atoms with van der Waals surface area (Å²) in [4.78, 5) is 18.3. The van der Waals surface area contributed by atoms with E-state index in [2.05, 4.69) is 30.7 Å². The number of aromatic nitrogens is 4. The van der Waals surface area contributed by atoms with E-state index in [1.165, 1.54) is 18.3 Å². The number of nitro benzene ring substituents is 1. The van der Waals surface area contributed by atoms with E-state index in [4.69, 9.17) is 9.47 Å². The molecular formula is C18H13N7O4. The van der Waals surface area contributed by atoms with Gasteiger partial charge in [-0.05, 0) is 25.1 Å². The molecule has 4 aromatic rings. The first-order valence-electron chi connectivity index (χ1n) is 8.58. The van der Waals surface area contributed by atoms with Crippen molar-refractivity contribution in [1.82, 2.24) is 20.2 Å². The average molecular weight is 391 g/mol. The van der Waals surface area contributed by atoms with Crippen LogP contribution in [0.25, 0.3) is 22.1 Å². The predicted molar refractivity (Wildman–Crippen MR) is 104 cm³/mol. The molecule has 144 valence electrons. The van der Waals surface area contributed by atoms with Gasteiger partial charge in [0.15, 0.2) is 17.1 Å². The second-order valence-electron chi connectivity index (χ2n) is 6.40. The number of nitrogens with zero attached hydrogens (tertiary/aromatic N) is 5. The van der Waals surface area contributed by atoms with Crippen molar-refractivity contribution in [1.29, 1.82) is 0 Å². The third-order valence-electron chi connectivity index (χ3n) is 4.46. The number of nitro groups is 1.